The number of rotatable bonds is 6. The average Bonchev–Trinajstić information content (AvgIpc) is 2.61. The Morgan fingerprint density at radius 2 is 1.57 bits per heavy atom. The summed E-state index contributed by atoms with van der Waals surface area (Å²) >= 11 is 0. The molecule has 0 atom stereocenters. The van der Waals surface area contributed by atoms with Gasteiger partial charge in [0.15, 0.2) is 5.78 Å². The minimum atomic E-state index is -0.00306. The summed E-state index contributed by atoms with van der Waals surface area (Å²) in [4.78, 5) is 12.0. The highest BCUT2D eigenvalue weighted by Gasteiger charge is 1.98. The van der Waals surface area contributed by atoms with Crippen LogP contribution in [-0.4, -0.2) is 19.0 Å². The summed E-state index contributed by atoms with van der Waals surface area (Å²) in [6.07, 6.45) is 6.97. The quantitative estimate of drug-likeness (QED) is 0.259. The molecule has 3 nitrogen and oxygen atoms in total. The Hall–Kier alpha value is -2.94. The van der Waals surface area contributed by atoms with Crippen LogP contribution in [0.15, 0.2) is 89.6 Å². The van der Waals surface area contributed by atoms with E-state index in [0.717, 1.165) is 11.3 Å². The normalized spacial score (nSPS) is 12.0. The molecule has 0 unspecified atom stereocenters. The van der Waals surface area contributed by atoms with Gasteiger partial charge in [0.25, 0.3) is 0 Å². The Morgan fingerprint density at radius 1 is 0.957 bits per heavy atom. The number of nitrogens with zero attached hydrogens (tertiary/aromatic N) is 2. The Labute approximate surface area is 137 Å². The number of para-hydroxylation sites is 1. The molecule has 0 saturated heterocycles. The van der Waals surface area contributed by atoms with E-state index in [1.807, 2.05) is 80.7 Å². The van der Waals surface area contributed by atoms with Gasteiger partial charge < -0.3 is 0 Å². The van der Waals surface area contributed by atoms with Gasteiger partial charge in [-0.2, -0.15) is 5.10 Å². The molecular weight excluding hydrogens is 284 g/mol. The summed E-state index contributed by atoms with van der Waals surface area (Å²) in [5, 5.41) is 6.13. The molecule has 0 fully saturated rings. The van der Waals surface area contributed by atoms with E-state index in [2.05, 4.69) is 5.10 Å². The van der Waals surface area contributed by atoms with Crippen LogP contribution in [-0.2, 0) is 0 Å². The molecule has 0 heterocycles. The fraction of sp³-hybridized carbons (Fsp3) is 0.100. The van der Waals surface area contributed by atoms with Crippen LogP contribution >= 0.6 is 0 Å². The maximum Gasteiger partial charge on any atom is 0.185 e. The molecule has 0 amide bonds. The van der Waals surface area contributed by atoms with Gasteiger partial charge in [0, 0.05) is 18.8 Å². The number of allylic oxidation sites excluding steroid dienone is 4. The number of hydrazone groups is 1. The molecular formula is C20H20N2O. The second-order valence-electron chi connectivity index (χ2n) is 5.10. The van der Waals surface area contributed by atoms with Crippen molar-refractivity contribution in [3.05, 3.63) is 90.0 Å². The molecule has 0 aliphatic rings. The fourth-order valence-electron chi connectivity index (χ4n) is 1.92. The van der Waals surface area contributed by atoms with Gasteiger partial charge in [0.1, 0.15) is 0 Å². The van der Waals surface area contributed by atoms with Gasteiger partial charge >= 0.3 is 0 Å². The predicted molar refractivity (Wildman–Crippen MR) is 97.0 cm³/mol. The van der Waals surface area contributed by atoms with Crippen LogP contribution < -0.4 is 5.01 Å². The third-order valence-corrected chi connectivity index (χ3v) is 3.26. The molecule has 0 spiro atoms. The highest BCUT2D eigenvalue weighted by atomic mass is 16.1. The summed E-state index contributed by atoms with van der Waals surface area (Å²) < 4.78 is 0. The van der Waals surface area contributed by atoms with Crippen LogP contribution in [0.1, 0.15) is 17.3 Å². The molecule has 2 aromatic carbocycles. The Bertz CT molecular complexity index is 716. The summed E-state index contributed by atoms with van der Waals surface area (Å²) in [6.45, 7) is 1.93. The molecule has 23 heavy (non-hydrogen) atoms. The molecule has 0 saturated carbocycles. The Morgan fingerprint density at radius 3 is 2.22 bits per heavy atom. The first-order valence-electron chi connectivity index (χ1n) is 7.44. The smallest absolute Gasteiger partial charge is 0.185 e. The highest BCUT2D eigenvalue weighted by Crippen LogP contribution is 2.10. The monoisotopic (exact) mass is 304 g/mol. The van der Waals surface area contributed by atoms with Crippen LogP contribution in [0.5, 0.6) is 0 Å². The number of carbonyl (C=O) groups is 1. The molecule has 2 rings (SSSR count). The Kier molecular flexibility index (Phi) is 6.07. The van der Waals surface area contributed by atoms with E-state index in [1.165, 1.54) is 0 Å². The van der Waals surface area contributed by atoms with Crippen LogP contribution in [0, 0.1) is 0 Å². The molecule has 0 radical (unpaired) electrons. The van der Waals surface area contributed by atoms with E-state index in [-0.39, 0.29) is 5.78 Å². The summed E-state index contributed by atoms with van der Waals surface area (Å²) in [7, 11) is 1.89. The van der Waals surface area contributed by atoms with E-state index >= 15 is 0 Å². The van der Waals surface area contributed by atoms with Crippen molar-refractivity contribution in [2.24, 2.45) is 5.10 Å². The lowest BCUT2D eigenvalue weighted by molar-refractivity contribution is 0.104. The van der Waals surface area contributed by atoms with E-state index < -0.39 is 0 Å². The third-order valence-electron chi connectivity index (χ3n) is 3.26. The predicted octanol–water partition coefficient (Wildman–Crippen LogP) is 4.49. The lowest BCUT2D eigenvalue weighted by Gasteiger charge is -2.11. The number of benzene rings is 2. The molecule has 116 valence electrons. The molecule has 0 aromatic heterocycles. The van der Waals surface area contributed by atoms with Crippen molar-refractivity contribution in [1.29, 1.82) is 0 Å². The van der Waals surface area contributed by atoms with Gasteiger partial charge in [-0.05, 0) is 36.8 Å². The topological polar surface area (TPSA) is 32.7 Å². The summed E-state index contributed by atoms with van der Waals surface area (Å²) in [5.74, 6) is -0.00306. The molecule has 3 heteroatoms. The molecule has 0 aliphatic heterocycles. The highest BCUT2D eigenvalue weighted by molar-refractivity contribution is 6.04. The minimum Gasteiger partial charge on any atom is -0.289 e. The maximum atomic E-state index is 12.0. The lowest BCUT2D eigenvalue weighted by Crippen LogP contribution is -2.07. The third kappa shape index (κ3) is 5.40. The minimum absolute atomic E-state index is 0.00306. The van der Waals surface area contributed by atoms with Crippen LogP contribution in [0.25, 0.3) is 0 Å². The number of anilines is 1. The first kappa shape index (κ1) is 16.4. The Balaban J connectivity index is 1.94. The van der Waals surface area contributed by atoms with Crippen LogP contribution in [0.2, 0.25) is 0 Å². The summed E-state index contributed by atoms with van der Waals surface area (Å²) in [5.41, 5.74) is 2.66. The lowest BCUT2D eigenvalue weighted by atomic mass is 10.1. The largest absolute Gasteiger partial charge is 0.289 e. The zero-order chi connectivity index (χ0) is 16.5. The standard InChI is InChI=1S/C20H20N2O/c1-17(13-14-20(23)18-9-5-3-6-10-18)15-16-21-22(2)19-11-7-4-8-12-19/h3-16H,1-2H3/b14-13-,17-15+,21-16+. The zero-order valence-electron chi connectivity index (χ0n) is 13.4. The van der Waals surface area contributed by atoms with Crippen molar-refractivity contribution < 1.29 is 4.79 Å². The van der Waals surface area contributed by atoms with E-state index in [4.69, 9.17) is 0 Å². The van der Waals surface area contributed by atoms with Crippen molar-refractivity contribution in [2.75, 3.05) is 12.1 Å². The van der Waals surface area contributed by atoms with Crippen molar-refractivity contribution in [3.8, 4) is 0 Å². The number of ketones is 1. The first-order chi connectivity index (χ1) is 11.2. The van der Waals surface area contributed by atoms with Crippen LogP contribution in [0.3, 0.4) is 0 Å². The van der Waals surface area contributed by atoms with Crippen molar-refractivity contribution in [2.45, 2.75) is 6.92 Å². The SMILES string of the molecule is CC(/C=C\C(=O)c1ccccc1)=C\C=N\N(C)c1ccccc1. The van der Waals surface area contributed by atoms with E-state index in [0.29, 0.717) is 5.56 Å². The number of hydrogen-bond donors (Lipinski definition) is 0. The first-order valence-corrected chi connectivity index (χ1v) is 7.44. The molecule has 2 aromatic rings. The van der Waals surface area contributed by atoms with E-state index in [9.17, 15) is 4.79 Å². The number of hydrogen-bond acceptors (Lipinski definition) is 3. The summed E-state index contributed by atoms with van der Waals surface area (Å²) in [6, 6.07) is 19.1. The van der Waals surface area contributed by atoms with E-state index in [1.54, 1.807) is 23.4 Å². The van der Waals surface area contributed by atoms with Gasteiger partial charge in [-0.1, -0.05) is 54.6 Å². The van der Waals surface area contributed by atoms with Gasteiger partial charge in [-0.3, -0.25) is 9.80 Å². The van der Waals surface area contributed by atoms with Crippen molar-refractivity contribution in [1.82, 2.24) is 0 Å². The van der Waals surface area contributed by atoms with Crippen molar-refractivity contribution in [3.63, 3.8) is 0 Å². The molecule has 0 bridgehead atoms. The van der Waals surface area contributed by atoms with Gasteiger partial charge in [-0.15, -0.1) is 0 Å². The van der Waals surface area contributed by atoms with Gasteiger partial charge in [0.05, 0.1) is 5.69 Å². The van der Waals surface area contributed by atoms with Gasteiger partial charge in [-0.25, -0.2) is 0 Å². The zero-order valence-corrected chi connectivity index (χ0v) is 13.4. The van der Waals surface area contributed by atoms with Gasteiger partial charge in [0.2, 0.25) is 0 Å². The maximum absolute atomic E-state index is 12.0. The number of carbonyl (C=O) groups excluding carboxylic acids is 1. The second kappa shape index (κ2) is 8.49. The fourth-order valence-corrected chi connectivity index (χ4v) is 1.92. The van der Waals surface area contributed by atoms with Crippen molar-refractivity contribution >= 4 is 17.7 Å². The molecule has 0 N–H and O–H groups in total. The molecule has 0 aliphatic carbocycles. The average molecular weight is 304 g/mol. The second-order valence-corrected chi connectivity index (χ2v) is 5.10. The van der Waals surface area contributed by atoms with Crippen LogP contribution in [0.4, 0.5) is 5.69 Å².